The molecule has 0 unspecified atom stereocenters. The molecule has 1 fully saturated rings. The zero-order valence-electron chi connectivity index (χ0n) is 20.4. The van der Waals surface area contributed by atoms with Gasteiger partial charge in [0.1, 0.15) is 11.6 Å². The summed E-state index contributed by atoms with van der Waals surface area (Å²) in [5, 5.41) is 12.2. The summed E-state index contributed by atoms with van der Waals surface area (Å²) in [5.74, 6) is 0.903. The molecular weight excluding hydrogens is 492 g/mol. The average Bonchev–Trinajstić information content (AvgIpc) is 3.46. The third-order valence-electron chi connectivity index (χ3n) is 6.96. The number of amides is 1. The molecule has 6 rings (SSSR count). The maximum Gasteiger partial charge on any atom is 0.387 e. The topological polar surface area (TPSA) is 109 Å². The number of aromatic nitrogens is 4. The molecule has 2 aliphatic heterocycles. The molecule has 1 saturated heterocycles. The van der Waals surface area contributed by atoms with Crippen LogP contribution in [0.3, 0.4) is 0 Å². The summed E-state index contributed by atoms with van der Waals surface area (Å²) in [6.45, 7) is 0.874. The lowest BCUT2D eigenvalue weighted by Gasteiger charge is -2.43. The molecule has 1 atom stereocenters. The number of benzene rings is 2. The second-order valence-corrected chi connectivity index (χ2v) is 9.85. The quantitative estimate of drug-likeness (QED) is 0.407. The third-order valence-corrected chi connectivity index (χ3v) is 6.96. The lowest BCUT2D eigenvalue weighted by molar-refractivity contribution is -0.0498. The van der Waals surface area contributed by atoms with Crippen LogP contribution in [0.25, 0.3) is 22.2 Å². The van der Waals surface area contributed by atoms with E-state index in [1.54, 1.807) is 18.5 Å². The van der Waals surface area contributed by atoms with Gasteiger partial charge in [0.15, 0.2) is 0 Å². The fourth-order valence-corrected chi connectivity index (χ4v) is 5.04. The highest BCUT2D eigenvalue weighted by atomic mass is 19.3. The minimum atomic E-state index is -2.96. The van der Waals surface area contributed by atoms with Gasteiger partial charge in [0.2, 0.25) is 5.95 Å². The number of nitriles is 1. The largest absolute Gasteiger partial charge is 0.435 e. The van der Waals surface area contributed by atoms with E-state index < -0.39 is 6.61 Å². The van der Waals surface area contributed by atoms with Crippen LogP contribution in [0.15, 0.2) is 54.9 Å². The normalized spacial score (nSPS) is 17.7. The molecule has 192 valence electrons. The van der Waals surface area contributed by atoms with Crippen LogP contribution in [0.1, 0.15) is 35.6 Å². The summed E-state index contributed by atoms with van der Waals surface area (Å²) in [7, 11) is 0. The number of aryl methyl sites for hydroxylation is 1. The second kappa shape index (κ2) is 9.06. The van der Waals surface area contributed by atoms with E-state index >= 15 is 0 Å². The highest BCUT2D eigenvalue weighted by molar-refractivity contribution is 5.95. The third kappa shape index (κ3) is 4.28. The fraction of sp³-hybridized carbons (Fsp3) is 0.296. The van der Waals surface area contributed by atoms with Crippen LogP contribution in [0.2, 0.25) is 0 Å². The van der Waals surface area contributed by atoms with Gasteiger partial charge in [-0.05, 0) is 49.2 Å². The number of hydrogen-bond acceptors (Lipinski definition) is 7. The van der Waals surface area contributed by atoms with Gasteiger partial charge in [-0.1, -0.05) is 12.1 Å². The lowest BCUT2D eigenvalue weighted by Crippen LogP contribution is -2.54. The van der Waals surface area contributed by atoms with Crippen LogP contribution in [0, 0.1) is 16.7 Å². The predicted octanol–water partition coefficient (Wildman–Crippen LogP) is 4.32. The van der Waals surface area contributed by atoms with Crippen LogP contribution in [0.4, 0.5) is 14.7 Å². The maximum atomic E-state index is 12.8. The number of anilines is 1. The molecule has 4 aromatic rings. The van der Waals surface area contributed by atoms with Gasteiger partial charge < -0.3 is 19.5 Å². The first-order chi connectivity index (χ1) is 18.3. The number of fused-ring (bicyclic) bond motifs is 3. The van der Waals surface area contributed by atoms with Crippen LogP contribution < -0.4 is 15.0 Å². The second-order valence-electron chi connectivity index (χ2n) is 9.85. The number of ether oxygens (including phenoxy) is 1. The Morgan fingerprint density at radius 2 is 1.97 bits per heavy atom. The number of rotatable bonds is 6. The van der Waals surface area contributed by atoms with Crippen molar-refractivity contribution in [2.45, 2.75) is 32.5 Å². The molecule has 0 radical (unpaired) electrons. The van der Waals surface area contributed by atoms with Crippen LogP contribution in [-0.4, -0.2) is 45.1 Å². The van der Waals surface area contributed by atoms with Gasteiger partial charge in [-0.3, -0.25) is 4.79 Å². The van der Waals surface area contributed by atoms with Crippen molar-refractivity contribution in [2.75, 3.05) is 18.0 Å². The molecule has 2 aromatic heterocycles. The summed E-state index contributed by atoms with van der Waals surface area (Å²) in [5.41, 5.74) is 3.45. The predicted molar refractivity (Wildman–Crippen MR) is 135 cm³/mol. The van der Waals surface area contributed by atoms with E-state index in [9.17, 15) is 18.8 Å². The van der Waals surface area contributed by atoms with E-state index in [0.29, 0.717) is 32.0 Å². The average molecular weight is 516 g/mol. The summed E-state index contributed by atoms with van der Waals surface area (Å²) >= 11 is 0. The van der Waals surface area contributed by atoms with Crippen molar-refractivity contribution in [3.8, 4) is 22.9 Å². The van der Waals surface area contributed by atoms with Crippen molar-refractivity contribution >= 4 is 22.9 Å². The van der Waals surface area contributed by atoms with E-state index in [1.807, 2.05) is 30.0 Å². The number of carbonyl (C=O) groups excluding carboxylic acids is 1. The lowest BCUT2D eigenvalue weighted by atomic mass is 9.84. The number of imidazole rings is 1. The summed E-state index contributed by atoms with van der Waals surface area (Å²) in [6.07, 6.45) is 4.22. The van der Waals surface area contributed by atoms with E-state index in [1.165, 1.54) is 18.2 Å². The minimum Gasteiger partial charge on any atom is -0.435 e. The number of carbonyl (C=O) groups is 1. The molecule has 9 nitrogen and oxygen atoms in total. The Morgan fingerprint density at radius 1 is 1.18 bits per heavy atom. The Hall–Kier alpha value is -4.59. The molecular formula is C27H23F2N7O2. The number of alkyl halides is 2. The van der Waals surface area contributed by atoms with Gasteiger partial charge in [-0.2, -0.15) is 14.0 Å². The van der Waals surface area contributed by atoms with Crippen molar-refractivity contribution in [1.82, 2.24) is 24.8 Å². The van der Waals surface area contributed by atoms with Gasteiger partial charge in [0.05, 0.1) is 28.6 Å². The van der Waals surface area contributed by atoms with Crippen LogP contribution in [0.5, 0.6) is 5.75 Å². The van der Waals surface area contributed by atoms with Crippen molar-refractivity contribution in [2.24, 2.45) is 5.41 Å². The molecule has 2 aliphatic rings. The number of halogens is 2. The molecule has 0 saturated carbocycles. The summed E-state index contributed by atoms with van der Waals surface area (Å²) in [4.78, 5) is 28.6. The molecule has 38 heavy (non-hydrogen) atoms. The van der Waals surface area contributed by atoms with E-state index in [2.05, 4.69) is 30.7 Å². The first-order valence-electron chi connectivity index (χ1n) is 12.2. The molecule has 2 aromatic carbocycles. The smallest absolute Gasteiger partial charge is 0.387 e. The molecule has 4 heterocycles. The molecule has 0 bridgehead atoms. The van der Waals surface area contributed by atoms with Crippen LogP contribution in [-0.2, 0) is 6.54 Å². The SMILES string of the molecule is CC1(C#N)CN(c2ncc(-c3ccc4nc5n(c4c3)CC[C@H]5NC(=O)c3cccc(OC(F)F)c3)cn2)C1. The maximum absolute atomic E-state index is 12.8. The Balaban J connectivity index is 1.19. The first-order valence-corrected chi connectivity index (χ1v) is 12.2. The first kappa shape index (κ1) is 23.8. The van der Waals surface area contributed by atoms with E-state index in [0.717, 1.165) is 28.0 Å². The Morgan fingerprint density at radius 3 is 2.71 bits per heavy atom. The minimum absolute atomic E-state index is 0.0682. The van der Waals surface area contributed by atoms with Gasteiger partial charge in [0, 0.05) is 43.2 Å². The molecule has 11 heteroatoms. The Kier molecular flexibility index (Phi) is 5.67. The van der Waals surface area contributed by atoms with E-state index in [4.69, 9.17) is 4.98 Å². The van der Waals surface area contributed by atoms with Crippen molar-refractivity contribution in [1.29, 1.82) is 5.26 Å². The highest BCUT2D eigenvalue weighted by Gasteiger charge is 2.40. The number of nitrogens with one attached hydrogen (secondary N) is 1. The summed E-state index contributed by atoms with van der Waals surface area (Å²) in [6, 6.07) is 13.7. The Bertz CT molecular complexity index is 1570. The Labute approximate surface area is 216 Å². The van der Waals surface area contributed by atoms with Gasteiger partial charge in [-0.25, -0.2) is 15.0 Å². The standard InChI is InChI=1S/C27H23F2N7O2/c1-27(13-30)14-35(15-27)26-31-11-18(12-32-26)16-5-6-20-22(10-16)36-8-7-21(23(36)33-20)34-24(37)17-3-2-4-19(9-17)38-25(28)29/h2-6,9-12,21,25H,7-8,14-15H2,1H3,(H,34,37)/t21-/m1/s1. The highest BCUT2D eigenvalue weighted by Crippen LogP contribution is 2.34. The molecule has 1 N–H and O–H groups in total. The zero-order chi connectivity index (χ0) is 26.4. The summed E-state index contributed by atoms with van der Waals surface area (Å²) < 4.78 is 31.6. The molecule has 1 amide bonds. The molecule has 0 spiro atoms. The fourth-order valence-electron chi connectivity index (χ4n) is 5.04. The van der Waals surface area contributed by atoms with Crippen molar-refractivity contribution in [3.05, 3.63) is 66.2 Å². The monoisotopic (exact) mass is 515 g/mol. The van der Waals surface area contributed by atoms with Gasteiger partial charge >= 0.3 is 6.61 Å². The number of nitrogens with zero attached hydrogens (tertiary/aromatic N) is 6. The van der Waals surface area contributed by atoms with Gasteiger partial charge in [-0.15, -0.1) is 0 Å². The zero-order valence-corrected chi connectivity index (χ0v) is 20.4. The van der Waals surface area contributed by atoms with Crippen LogP contribution >= 0.6 is 0 Å². The van der Waals surface area contributed by atoms with Crippen molar-refractivity contribution < 1.29 is 18.3 Å². The number of hydrogen-bond donors (Lipinski definition) is 1. The van der Waals surface area contributed by atoms with Gasteiger partial charge in [0.25, 0.3) is 5.91 Å². The molecule has 0 aliphatic carbocycles. The van der Waals surface area contributed by atoms with E-state index in [-0.39, 0.29) is 28.7 Å². The van der Waals surface area contributed by atoms with Crippen molar-refractivity contribution in [3.63, 3.8) is 0 Å².